The lowest BCUT2D eigenvalue weighted by Crippen LogP contribution is -2.47. The Balaban J connectivity index is 1.79. The topological polar surface area (TPSA) is 32.8 Å². The molecule has 4 nitrogen and oxygen atoms in total. The molecule has 0 bridgehead atoms. The first-order valence-electron chi connectivity index (χ1n) is 6.67. The normalized spacial score (nSPS) is 21.3. The Morgan fingerprint density at radius 1 is 1.22 bits per heavy atom. The second kappa shape index (κ2) is 3.64. The van der Waals surface area contributed by atoms with Crippen LogP contribution in [0.25, 0.3) is 0 Å². The molecule has 1 aromatic rings. The molecule has 1 fully saturated rings. The molecule has 0 aromatic heterocycles. The third-order valence-electron chi connectivity index (χ3n) is 3.99. The molecule has 0 saturated heterocycles. The van der Waals surface area contributed by atoms with Crippen molar-refractivity contribution in [2.75, 3.05) is 36.0 Å². The minimum atomic E-state index is 0.275. The molecule has 4 rings (SSSR count). The number of rotatable bonds is 1. The molecule has 2 heterocycles. The molecule has 3 aliphatic rings. The zero-order valence-corrected chi connectivity index (χ0v) is 10.3. The molecule has 4 heteroatoms. The van der Waals surface area contributed by atoms with E-state index in [0.717, 1.165) is 56.2 Å². The number of hydrogen-bond donors (Lipinski definition) is 0. The molecule has 0 N–H and O–H groups in total. The number of nitrogens with zero attached hydrogens (tertiary/aromatic N) is 2. The lowest BCUT2D eigenvalue weighted by molar-refractivity contribution is -0.119. The standard InChI is InChI=1S/C14H16N2O2/c17-14(10-4-5-10)16-7-6-15-8-9-18-12-3-1-2-11(16)13(12)15/h1-3,10H,4-9H2. The monoisotopic (exact) mass is 244 g/mol. The van der Waals surface area contributed by atoms with Crippen molar-refractivity contribution < 1.29 is 9.53 Å². The average Bonchev–Trinajstić information content (AvgIpc) is 3.23. The SMILES string of the molecule is O=C(C1CC1)N1CCN2CCOc3cccc1c32. The van der Waals surface area contributed by atoms with Gasteiger partial charge in [-0.2, -0.15) is 0 Å². The van der Waals surface area contributed by atoms with Crippen LogP contribution in [0.5, 0.6) is 5.75 Å². The van der Waals surface area contributed by atoms with Crippen LogP contribution in [-0.4, -0.2) is 32.1 Å². The average molecular weight is 244 g/mol. The van der Waals surface area contributed by atoms with Crippen molar-refractivity contribution in [2.24, 2.45) is 5.92 Å². The fourth-order valence-electron chi connectivity index (χ4n) is 2.88. The predicted molar refractivity (Wildman–Crippen MR) is 69.2 cm³/mol. The van der Waals surface area contributed by atoms with E-state index in [0.29, 0.717) is 5.91 Å². The smallest absolute Gasteiger partial charge is 0.230 e. The molecule has 0 spiro atoms. The summed E-state index contributed by atoms with van der Waals surface area (Å²) in [4.78, 5) is 16.6. The molecular weight excluding hydrogens is 228 g/mol. The molecule has 0 atom stereocenters. The number of benzene rings is 1. The summed E-state index contributed by atoms with van der Waals surface area (Å²) in [6, 6.07) is 6.02. The van der Waals surface area contributed by atoms with E-state index in [4.69, 9.17) is 4.74 Å². The molecule has 1 aromatic carbocycles. The van der Waals surface area contributed by atoms with E-state index in [1.807, 2.05) is 23.1 Å². The number of para-hydroxylation sites is 1. The Bertz CT molecular complexity index is 511. The van der Waals surface area contributed by atoms with Crippen LogP contribution in [0.1, 0.15) is 12.8 Å². The first kappa shape index (κ1) is 10.2. The summed E-state index contributed by atoms with van der Waals surface area (Å²) in [6.45, 7) is 3.40. The summed E-state index contributed by atoms with van der Waals surface area (Å²) in [5.41, 5.74) is 2.15. The van der Waals surface area contributed by atoms with Gasteiger partial charge >= 0.3 is 0 Å². The maximum absolute atomic E-state index is 12.3. The van der Waals surface area contributed by atoms with Crippen molar-refractivity contribution in [3.8, 4) is 5.75 Å². The van der Waals surface area contributed by atoms with Gasteiger partial charge in [0.05, 0.1) is 12.2 Å². The number of anilines is 2. The van der Waals surface area contributed by atoms with E-state index < -0.39 is 0 Å². The zero-order valence-electron chi connectivity index (χ0n) is 10.3. The lowest BCUT2D eigenvalue weighted by atomic mass is 10.1. The van der Waals surface area contributed by atoms with Crippen molar-refractivity contribution in [3.05, 3.63) is 18.2 Å². The molecule has 0 unspecified atom stereocenters. The molecule has 1 amide bonds. The number of carbonyl (C=O) groups excluding carboxylic acids is 1. The Labute approximate surface area is 106 Å². The Hall–Kier alpha value is -1.71. The molecular formula is C14H16N2O2. The second-order valence-electron chi connectivity index (χ2n) is 5.22. The molecule has 1 saturated carbocycles. The van der Waals surface area contributed by atoms with Gasteiger partial charge in [0.25, 0.3) is 0 Å². The van der Waals surface area contributed by atoms with Crippen molar-refractivity contribution in [3.63, 3.8) is 0 Å². The van der Waals surface area contributed by atoms with Gasteiger partial charge in [0.2, 0.25) is 5.91 Å². The van der Waals surface area contributed by atoms with Crippen molar-refractivity contribution >= 4 is 17.3 Å². The second-order valence-corrected chi connectivity index (χ2v) is 5.22. The van der Waals surface area contributed by atoms with Crippen molar-refractivity contribution in [1.29, 1.82) is 0 Å². The maximum Gasteiger partial charge on any atom is 0.230 e. The van der Waals surface area contributed by atoms with Crippen LogP contribution in [0.15, 0.2) is 18.2 Å². The fourth-order valence-corrected chi connectivity index (χ4v) is 2.88. The van der Waals surface area contributed by atoms with Gasteiger partial charge in [0, 0.05) is 19.0 Å². The summed E-state index contributed by atoms with van der Waals surface area (Å²) in [7, 11) is 0. The van der Waals surface area contributed by atoms with Crippen LogP contribution in [0, 0.1) is 5.92 Å². The number of ether oxygens (including phenoxy) is 1. The molecule has 0 radical (unpaired) electrons. The minimum absolute atomic E-state index is 0.275. The van der Waals surface area contributed by atoms with Crippen LogP contribution in [0.4, 0.5) is 11.4 Å². The van der Waals surface area contributed by atoms with Crippen LogP contribution in [-0.2, 0) is 4.79 Å². The lowest BCUT2D eigenvalue weighted by Gasteiger charge is -2.41. The summed E-state index contributed by atoms with van der Waals surface area (Å²) in [5, 5.41) is 0. The first-order chi connectivity index (χ1) is 8.84. The van der Waals surface area contributed by atoms with Gasteiger partial charge in [-0.3, -0.25) is 4.79 Å². The molecule has 2 aliphatic heterocycles. The predicted octanol–water partition coefficient (Wildman–Crippen LogP) is 1.64. The highest BCUT2D eigenvalue weighted by Crippen LogP contribution is 2.44. The number of hydrogen-bond acceptors (Lipinski definition) is 3. The van der Waals surface area contributed by atoms with E-state index >= 15 is 0 Å². The van der Waals surface area contributed by atoms with E-state index in [-0.39, 0.29) is 5.92 Å². The van der Waals surface area contributed by atoms with Gasteiger partial charge in [0.15, 0.2) is 0 Å². The van der Waals surface area contributed by atoms with Gasteiger partial charge in [-0.1, -0.05) is 6.07 Å². The Morgan fingerprint density at radius 3 is 2.94 bits per heavy atom. The van der Waals surface area contributed by atoms with Gasteiger partial charge in [-0.05, 0) is 25.0 Å². The highest BCUT2D eigenvalue weighted by atomic mass is 16.5. The van der Waals surface area contributed by atoms with Crippen LogP contribution < -0.4 is 14.5 Å². The van der Waals surface area contributed by atoms with E-state index in [2.05, 4.69) is 4.90 Å². The number of amides is 1. The summed E-state index contributed by atoms with van der Waals surface area (Å²) >= 11 is 0. The molecule has 94 valence electrons. The van der Waals surface area contributed by atoms with Gasteiger partial charge in [-0.15, -0.1) is 0 Å². The largest absolute Gasteiger partial charge is 0.489 e. The Morgan fingerprint density at radius 2 is 2.11 bits per heavy atom. The van der Waals surface area contributed by atoms with E-state index in [1.165, 1.54) is 0 Å². The Kier molecular flexibility index (Phi) is 2.07. The first-order valence-corrected chi connectivity index (χ1v) is 6.67. The van der Waals surface area contributed by atoms with Crippen LogP contribution in [0.3, 0.4) is 0 Å². The maximum atomic E-state index is 12.3. The molecule has 18 heavy (non-hydrogen) atoms. The fraction of sp³-hybridized carbons (Fsp3) is 0.500. The van der Waals surface area contributed by atoms with Crippen LogP contribution >= 0.6 is 0 Å². The van der Waals surface area contributed by atoms with Gasteiger partial charge < -0.3 is 14.5 Å². The minimum Gasteiger partial charge on any atom is -0.489 e. The molecule has 1 aliphatic carbocycles. The quantitative estimate of drug-likeness (QED) is 0.753. The summed E-state index contributed by atoms with van der Waals surface area (Å²) in [5.74, 6) is 1.50. The highest BCUT2D eigenvalue weighted by molar-refractivity contribution is 6.01. The van der Waals surface area contributed by atoms with E-state index in [1.54, 1.807) is 0 Å². The third-order valence-corrected chi connectivity index (χ3v) is 3.99. The third kappa shape index (κ3) is 1.41. The number of carbonyl (C=O) groups is 1. The summed E-state index contributed by atoms with van der Waals surface area (Å²) in [6.07, 6.45) is 2.12. The van der Waals surface area contributed by atoms with E-state index in [9.17, 15) is 4.79 Å². The van der Waals surface area contributed by atoms with Gasteiger partial charge in [-0.25, -0.2) is 0 Å². The summed E-state index contributed by atoms with van der Waals surface area (Å²) < 4.78 is 5.69. The highest BCUT2D eigenvalue weighted by Gasteiger charge is 2.38. The zero-order chi connectivity index (χ0) is 12.1. The van der Waals surface area contributed by atoms with Gasteiger partial charge in [0.1, 0.15) is 18.0 Å². The van der Waals surface area contributed by atoms with Crippen molar-refractivity contribution in [1.82, 2.24) is 0 Å². The van der Waals surface area contributed by atoms with Crippen LogP contribution in [0.2, 0.25) is 0 Å². The van der Waals surface area contributed by atoms with Crippen molar-refractivity contribution in [2.45, 2.75) is 12.8 Å².